The Hall–Kier alpha value is -2.92. The predicted molar refractivity (Wildman–Crippen MR) is 59.6 cm³/mol. The van der Waals surface area contributed by atoms with E-state index < -0.39 is 36.2 Å². The van der Waals surface area contributed by atoms with E-state index in [2.05, 4.69) is 25.8 Å². The molecule has 10 nitrogen and oxygen atoms in total. The summed E-state index contributed by atoms with van der Waals surface area (Å²) in [5, 5.41) is 24.1. The number of amides is 1. The van der Waals surface area contributed by atoms with Crippen molar-refractivity contribution in [2.45, 2.75) is 19.9 Å². The molecule has 0 spiro atoms. The minimum Gasteiger partial charge on any atom is -0.476 e. The van der Waals surface area contributed by atoms with Crippen molar-refractivity contribution >= 4 is 17.9 Å². The fourth-order valence-corrected chi connectivity index (χ4v) is 1.45. The van der Waals surface area contributed by atoms with E-state index in [1.54, 1.807) is 0 Å². The first-order valence-corrected chi connectivity index (χ1v) is 5.43. The van der Waals surface area contributed by atoms with Crippen molar-refractivity contribution in [3.05, 3.63) is 17.3 Å². The third-order valence-corrected chi connectivity index (χ3v) is 2.25. The second-order valence-electron chi connectivity index (χ2n) is 3.76. The van der Waals surface area contributed by atoms with Crippen LogP contribution in [-0.2, 0) is 11.3 Å². The molecule has 0 unspecified atom stereocenters. The lowest BCUT2D eigenvalue weighted by molar-refractivity contribution is -0.117. The Labute approximate surface area is 114 Å². The lowest BCUT2D eigenvalue weighted by Gasteiger charge is -2.05. The number of hydrogen-bond acceptors (Lipinski definition) is 7. The third kappa shape index (κ3) is 3.16. The molecule has 0 radical (unpaired) electrons. The number of hydrogen-bond donors (Lipinski definition) is 2. The number of aryl methyl sites for hydroxylation is 1. The molecule has 2 aromatic heterocycles. The van der Waals surface area contributed by atoms with Gasteiger partial charge in [0.25, 0.3) is 6.43 Å². The second kappa shape index (κ2) is 5.60. The smallest absolute Gasteiger partial charge is 0.358 e. The van der Waals surface area contributed by atoms with Crippen LogP contribution < -0.4 is 5.32 Å². The molecule has 0 bridgehead atoms. The summed E-state index contributed by atoms with van der Waals surface area (Å²) in [4.78, 5) is 22.4. The van der Waals surface area contributed by atoms with Crippen molar-refractivity contribution in [3.63, 3.8) is 0 Å². The van der Waals surface area contributed by atoms with E-state index in [9.17, 15) is 18.4 Å². The maximum Gasteiger partial charge on any atom is 0.358 e. The third-order valence-electron chi connectivity index (χ3n) is 2.25. The molecule has 112 valence electrons. The molecule has 12 heteroatoms. The molecule has 0 aromatic carbocycles. The van der Waals surface area contributed by atoms with Gasteiger partial charge in [0, 0.05) is 6.92 Å². The zero-order valence-corrected chi connectivity index (χ0v) is 10.4. The quantitative estimate of drug-likeness (QED) is 0.801. The van der Waals surface area contributed by atoms with Gasteiger partial charge in [0.2, 0.25) is 11.8 Å². The Bertz CT molecular complexity index is 682. The largest absolute Gasteiger partial charge is 0.476 e. The van der Waals surface area contributed by atoms with Gasteiger partial charge >= 0.3 is 12.0 Å². The van der Waals surface area contributed by atoms with Crippen molar-refractivity contribution in [1.82, 2.24) is 25.2 Å². The fraction of sp³-hybridized carbons (Fsp3) is 0.333. The lowest BCUT2D eigenvalue weighted by atomic mass is 10.3. The lowest BCUT2D eigenvalue weighted by Crippen LogP contribution is -2.21. The van der Waals surface area contributed by atoms with Gasteiger partial charge in [0.05, 0.1) is 0 Å². The first kappa shape index (κ1) is 14.5. The van der Waals surface area contributed by atoms with Crippen molar-refractivity contribution < 1.29 is 27.9 Å². The highest BCUT2D eigenvalue weighted by atomic mass is 19.3. The van der Waals surface area contributed by atoms with E-state index in [1.807, 2.05) is 0 Å². The number of anilines is 1. The fourth-order valence-electron chi connectivity index (χ4n) is 1.45. The molecule has 2 rings (SSSR count). The number of rotatable bonds is 5. The average molecular weight is 302 g/mol. The van der Waals surface area contributed by atoms with E-state index in [0.717, 1.165) is 0 Å². The molecule has 0 fully saturated rings. The van der Waals surface area contributed by atoms with Crippen LogP contribution in [0.15, 0.2) is 4.42 Å². The highest BCUT2D eigenvalue weighted by Gasteiger charge is 2.27. The summed E-state index contributed by atoms with van der Waals surface area (Å²) in [5.74, 6) is -2.26. The van der Waals surface area contributed by atoms with Crippen LogP contribution in [0.25, 0.3) is 0 Å². The van der Waals surface area contributed by atoms with Crippen LogP contribution in [0.5, 0.6) is 0 Å². The number of carbonyl (C=O) groups excluding carboxylic acids is 1. The topological polar surface area (TPSA) is 136 Å². The van der Waals surface area contributed by atoms with Crippen LogP contribution in [0.3, 0.4) is 0 Å². The normalized spacial score (nSPS) is 10.9. The van der Waals surface area contributed by atoms with E-state index >= 15 is 0 Å². The number of aromatic carboxylic acids is 1. The summed E-state index contributed by atoms with van der Waals surface area (Å²) in [6.45, 7) is 0.815. The maximum absolute atomic E-state index is 12.8. The van der Waals surface area contributed by atoms with Crippen LogP contribution in [0.2, 0.25) is 0 Å². The highest BCUT2D eigenvalue weighted by Crippen LogP contribution is 2.21. The van der Waals surface area contributed by atoms with Crippen molar-refractivity contribution in [3.8, 4) is 0 Å². The summed E-state index contributed by atoms with van der Waals surface area (Å²) in [5.41, 5.74) is -1.87. The standard InChI is InChI=1S/C9H8F2N6O4/c1-3-13-15-9(21-3)12-4(18)2-17-6(7(10)11)5(8(19)20)14-16-17/h7H,2H2,1H3,(H,19,20)(H,12,15,18). The van der Waals surface area contributed by atoms with Crippen LogP contribution in [-0.4, -0.2) is 42.2 Å². The molecule has 0 aliphatic rings. The van der Waals surface area contributed by atoms with Crippen LogP contribution >= 0.6 is 0 Å². The number of carboxylic acids is 1. The number of alkyl halides is 2. The molecule has 0 saturated heterocycles. The minimum atomic E-state index is -3.15. The molecule has 2 aromatic rings. The Balaban J connectivity index is 2.15. The van der Waals surface area contributed by atoms with E-state index in [4.69, 9.17) is 9.52 Å². The van der Waals surface area contributed by atoms with E-state index in [-0.39, 0.29) is 11.9 Å². The number of halogens is 2. The first-order valence-electron chi connectivity index (χ1n) is 5.43. The molecular formula is C9H8F2N6O4. The summed E-state index contributed by atoms with van der Waals surface area (Å²) in [7, 11) is 0. The monoisotopic (exact) mass is 302 g/mol. The predicted octanol–water partition coefficient (Wildman–Crippen LogP) is 0.244. The van der Waals surface area contributed by atoms with Gasteiger partial charge in [-0.3, -0.25) is 10.1 Å². The van der Waals surface area contributed by atoms with Gasteiger partial charge in [0.15, 0.2) is 5.69 Å². The molecule has 2 N–H and O–H groups in total. The van der Waals surface area contributed by atoms with Gasteiger partial charge in [-0.25, -0.2) is 18.3 Å². The number of carboxylic acid groups (broad SMARTS) is 1. The molecule has 1 amide bonds. The highest BCUT2D eigenvalue weighted by molar-refractivity contribution is 5.89. The molecule has 0 aliphatic carbocycles. The molecule has 0 saturated carbocycles. The zero-order chi connectivity index (χ0) is 15.6. The Morgan fingerprint density at radius 2 is 2.10 bits per heavy atom. The van der Waals surface area contributed by atoms with E-state index in [0.29, 0.717) is 4.68 Å². The molecular weight excluding hydrogens is 294 g/mol. The van der Waals surface area contributed by atoms with Gasteiger partial charge in [0.1, 0.15) is 12.2 Å². The first-order chi connectivity index (χ1) is 9.88. The second-order valence-corrected chi connectivity index (χ2v) is 3.76. The van der Waals surface area contributed by atoms with Crippen LogP contribution in [0.4, 0.5) is 14.8 Å². The summed E-state index contributed by atoms with van der Waals surface area (Å²) < 4.78 is 31.0. The molecule has 0 atom stereocenters. The maximum atomic E-state index is 12.8. The van der Waals surface area contributed by atoms with Gasteiger partial charge in [-0.05, 0) is 0 Å². The number of nitrogens with one attached hydrogen (secondary N) is 1. The Morgan fingerprint density at radius 3 is 2.62 bits per heavy atom. The number of carbonyl (C=O) groups is 2. The number of nitrogens with zero attached hydrogens (tertiary/aromatic N) is 5. The van der Waals surface area contributed by atoms with Gasteiger partial charge in [-0.1, -0.05) is 10.3 Å². The van der Waals surface area contributed by atoms with Crippen molar-refractivity contribution in [1.29, 1.82) is 0 Å². The summed E-state index contributed by atoms with van der Waals surface area (Å²) in [6, 6.07) is -0.213. The molecule has 21 heavy (non-hydrogen) atoms. The Morgan fingerprint density at radius 1 is 1.38 bits per heavy atom. The Kier molecular flexibility index (Phi) is 3.86. The van der Waals surface area contributed by atoms with Gasteiger partial charge < -0.3 is 9.52 Å². The molecule has 2 heterocycles. The summed E-state index contributed by atoms with van der Waals surface area (Å²) >= 11 is 0. The van der Waals surface area contributed by atoms with Crippen molar-refractivity contribution in [2.75, 3.05) is 5.32 Å². The van der Waals surface area contributed by atoms with Crippen LogP contribution in [0.1, 0.15) is 28.5 Å². The average Bonchev–Trinajstić information content (AvgIpc) is 2.95. The van der Waals surface area contributed by atoms with E-state index in [1.165, 1.54) is 6.92 Å². The van der Waals surface area contributed by atoms with Crippen molar-refractivity contribution in [2.24, 2.45) is 0 Å². The molecule has 0 aliphatic heterocycles. The SMILES string of the molecule is Cc1nnc(NC(=O)Cn2nnc(C(=O)O)c2C(F)F)o1. The zero-order valence-electron chi connectivity index (χ0n) is 10.4. The van der Waals surface area contributed by atoms with Gasteiger partial charge in [-0.2, -0.15) is 0 Å². The van der Waals surface area contributed by atoms with Crippen LogP contribution in [0, 0.1) is 6.92 Å². The minimum absolute atomic E-state index is 0.201. The number of aromatic nitrogens is 5. The van der Waals surface area contributed by atoms with Gasteiger partial charge in [-0.15, -0.1) is 10.2 Å². The summed E-state index contributed by atoms with van der Waals surface area (Å²) in [6.07, 6.45) is -3.15.